The molecule has 3 N–H and O–H groups in total. The standard InChI is InChI=1S/C21H19N5O2S/c1-13-14(2)29-21(25-10-3-4-11-25)18(13)20(28)23-15-5-7-16(8-6-15)26-12-9-17(24-26)19(22)27/h3-12H,1-2H3,(H2,22,27)(H,23,28). The van der Waals surface area contributed by atoms with Crippen molar-refractivity contribution in [1.29, 1.82) is 0 Å². The molecule has 3 heterocycles. The van der Waals surface area contributed by atoms with Crippen molar-refractivity contribution in [2.45, 2.75) is 13.8 Å². The Morgan fingerprint density at radius 2 is 1.72 bits per heavy atom. The monoisotopic (exact) mass is 405 g/mol. The number of nitrogens with one attached hydrogen (secondary N) is 1. The Balaban J connectivity index is 1.57. The van der Waals surface area contributed by atoms with Gasteiger partial charge in [0.1, 0.15) is 10.7 Å². The van der Waals surface area contributed by atoms with Crippen molar-refractivity contribution in [2.75, 3.05) is 5.32 Å². The van der Waals surface area contributed by atoms with Crippen LogP contribution in [0.25, 0.3) is 10.7 Å². The van der Waals surface area contributed by atoms with Crippen LogP contribution >= 0.6 is 11.3 Å². The van der Waals surface area contributed by atoms with Crippen molar-refractivity contribution in [2.24, 2.45) is 5.73 Å². The van der Waals surface area contributed by atoms with Crippen LogP contribution in [0, 0.1) is 13.8 Å². The van der Waals surface area contributed by atoms with Gasteiger partial charge in [0.25, 0.3) is 11.8 Å². The first kappa shape index (κ1) is 18.7. The van der Waals surface area contributed by atoms with Gasteiger partial charge in [0, 0.05) is 29.2 Å². The van der Waals surface area contributed by atoms with Crippen LogP contribution < -0.4 is 11.1 Å². The largest absolute Gasteiger partial charge is 0.364 e. The fourth-order valence-electron chi connectivity index (χ4n) is 3.02. The van der Waals surface area contributed by atoms with Crippen LogP contribution in [0.5, 0.6) is 0 Å². The van der Waals surface area contributed by atoms with E-state index >= 15 is 0 Å². The number of primary amides is 1. The molecule has 29 heavy (non-hydrogen) atoms. The molecule has 0 radical (unpaired) electrons. The summed E-state index contributed by atoms with van der Waals surface area (Å²) in [6.07, 6.45) is 5.52. The van der Waals surface area contributed by atoms with Gasteiger partial charge in [0.05, 0.1) is 11.3 Å². The first-order valence-electron chi connectivity index (χ1n) is 8.94. The molecule has 8 heteroatoms. The normalized spacial score (nSPS) is 10.8. The van der Waals surface area contributed by atoms with E-state index in [-0.39, 0.29) is 11.6 Å². The minimum atomic E-state index is -0.576. The first-order valence-corrected chi connectivity index (χ1v) is 9.76. The second-order valence-electron chi connectivity index (χ2n) is 6.56. The number of carbonyl (C=O) groups is 2. The van der Waals surface area contributed by atoms with Crippen molar-refractivity contribution in [1.82, 2.24) is 14.3 Å². The van der Waals surface area contributed by atoms with Gasteiger partial charge >= 0.3 is 0 Å². The van der Waals surface area contributed by atoms with Crippen LogP contribution in [0.3, 0.4) is 0 Å². The van der Waals surface area contributed by atoms with Crippen molar-refractivity contribution in [3.63, 3.8) is 0 Å². The van der Waals surface area contributed by atoms with Crippen molar-refractivity contribution >= 4 is 28.8 Å². The second-order valence-corrected chi connectivity index (χ2v) is 7.77. The number of hydrogen-bond donors (Lipinski definition) is 2. The quantitative estimate of drug-likeness (QED) is 0.530. The lowest BCUT2D eigenvalue weighted by Crippen LogP contribution is -2.14. The zero-order chi connectivity index (χ0) is 20.5. The molecule has 3 aromatic heterocycles. The summed E-state index contributed by atoms with van der Waals surface area (Å²) >= 11 is 1.59. The molecule has 0 spiro atoms. The van der Waals surface area contributed by atoms with Gasteiger partial charge in [-0.2, -0.15) is 5.10 Å². The Hall–Kier alpha value is -3.65. The lowest BCUT2D eigenvalue weighted by atomic mass is 10.1. The number of benzene rings is 1. The van der Waals surface area contributed by atoms with Gasteiger partial charge < -0.3 is 15.6 Å². The molecule has 0 saturated heterocycles. The Labute approximate surface area is 171 Å². The maximum absolute atomic E-state index is 13.0. The highest BCUT2D eigenvalue weighted by atomic mass is 32.1. The lowest BCUT2D eigenvalue weighted by Gasteiger charge is -2.09. The zero-order valence-electron chi connectivity index (χ0n) is 15.9. The number of aromatic nitrogens is 3. The maximum atomic E-state index is 13.0. The molecule has 0 bridgehead atoms. The molecule has 0 aliphatic heterocycles. The number of anilines is 1. The van der Waals surface area contributed by atoms with Crippen LogP contribution in [0.4, 0.5) is 5.69 Å². The van der Waals surface area contributed by atoms with Gasteiger partial charge in [-0.25, -0.2) is 4.68 Å². The molecule has 0 atom stereocenters. The van der Waals surface area contributed by atoms with E-state index in [1.807, 2.05) is 55.1 Å². The molecule has 0 fully saturated rings. The molecule has 4 aromatic rings. The van der Waals surface area contributed by atoms with Gasteiger partial charge in [-0.3, -0.25) is 9.59 Å². The van der Waals surface area contributed by atoms with E-state index in [9.17, 15) is 9.59 Å². The molecule has 0 saturated carbocycles. The SMILES string of the molecule is Cc1sc(-n2cccc2)c(C(=O)Nc2ccc(-n3ccc(C(N)=O)n3)cc2)c1C. The average Bonchev–Trinajstić information content (AvgIpc) is 3.43. The molecule has 0 aliphatic carbocycles. The highest BCUT2D eigenvalue weighted by Crippen LogP contribution is 2.31. The van der Waals surface area contributed by atoms with E-state index in [0.717, 1.165) is 21.1 Å². The van der Waals surface area contributed by atoms with Crippen LogP contribution in [0.2, 0.25) is 0 Å². The van der Waals surface area contributed by atoms with Crippen molar-refractivity contribution in [3.8, 4) is 10.7 Å². The molecule has 2 amide bonds. The van der Waals surface area contributed by atoms with Crippen LogP contribution in [0.15, 0.2) is 61.1 Å². The number of nitrogens with zero attached hydrogens (tertiary/aromatic N) is 3. The molecular formula is C21H19N5O2S. The average molecular weight is 405 g/mol. The number of hydrogen-bond acceptors (Lipinski definition) is 4. The minimum Gasteiger partial charge on any atom is -0.364 e. The lowest BCUT2D eigenvalue weighted by molar-refractivity contribution is 0.0993. The smallest absolute Gasteiger partial charge is 0.269 e. The third kappa shape index (κ3) is 3.57. The van der Waals surface area contributed by atoms with E-state index in [1.54, 1.807) is 40.4 Å². The topological polar surface area (TPSA) is 94.9 Å². The summed E-state index contributed by atoms with van der Waals surface area (Å²) in [4.78, 5) is 25.3. The highest BCUT2D eigenvalue weighted by molar-refractivity contribution is 7.15. The fraction of sp³-hybridized carbons (Fsp3) is 0.0952. The first-order chi connectivity index (χ1) is 13.9. The summed E-state index contributed by atoms with van der Waals surface area (Å²) < 4.78 is 3.51. The van der Waals surface area contributed by atoms with Gasteiger partial charge in [0.15, 0.2) is 0 Å². The predicted molar refractivity (Wildman–Crippen MR) is 113 cm³/mol. The Bertz CT molecular complexity index is 1190. The van der Waals surface area contributed by atoms with Crippen LogP contribution in [0.1, 0.15) is 31.3 Å². The highest BCUT2D eigenvalue weighted by Gasteiger charge is 2.20. The number of amides is 2. The van der Waals surface area contributed by atoms with Gasteiger partial charge in [-0.05, 0) is 61.9 Å². The maximum Gasteiger partial charge on any atom is 0.269 e. The number of rotatable bonds is 5. The second kappa shape index (κ2) is 7.40. The molecule has 0 aliphatic rings. The van der Waals surface area contributed by atoms with E-state index in [4.69, 9.17) is 5.73 Å². The molecular weight excluding hydrogens is 386 g/mol. The number of carbonyl (C=O) groups excluding carboxylic acids is 2. The fourth-order valence-corrected chi connectivity index (χ4v) is 4.14. The molecule has 146 valence electrons. The Morgan fingerprint density at radius 1 is 1.03 bits per heavy atom. The summed E-state index contributed by atoms with van der Waals surface area (Å²) in [5, 5.41) is 7.99. The Kier molecular flexibility index (Phi) is 4.77. The third-order valence-corrected chi connectivity index (χ3v) is 5.88. The minimum absolute atomic E-state index is 0.154. The predicted octanol–water partition coefficient (Wildman–Crippen LogP) is 3.69. The van der Waals surface area contributed by atoms with E-state index in [0.29, 0.717) is 11.3 Å². The van der Waals surface area contributed by atoms with E-state index in [1.165, 1.54) is 0 Å². The molecule has 4 rings (SSSR count). The Morgan fingerprint density at radius 3 is 2.34 bits per heavy atom. The van der Waals surface area contributed by atoms with E-state index < -0.39 is 5.91 Å². The number of thiophene rings is 1. The number of nitrogens with two attached hydrogens (primary N) is 1. The summed E-state index contributed by atoms with van der Waals surface area (Å²) in [6, 6.07) is 12.6. The molecule has 7 nitrogen and oxygen atoms in total. The molecule has 0 unspecified atom stereocenters. The summed E-state index contributed by atoms with van der Waals surface area (Å²) in [5.41, 5.74) is 8.51. The van der Waals surface area contributed by atoms with E-state index in [2.05, 4.69) is 10.4 Å². The van der Waals surface area contributed by atoms with Gasteiger partial charge in [-0.1, -0.05) is 0 Å². The third-order valence-electron chi connectivity index (χ3n) is 4.66. The van der Waals surface area contributed by atoms with Crippen LogP contribution in [-0.2, 0) is 0 Å². The summed E-state index contributed by atoms with van der Waals surface area (Å²) in [5.74, 6) is -0.731. The van der Waals surface area contributed by atoms with Gasteiger partial charge in [-0.15, -0.1) is 11.3 Å². The number of aryl methyl sites for hydroxylation is 1. The van der Waals surface area contributed by atoms with Crippen molar-refractivity contribution in [3.05, 3.63) is 82.8 Å². The summed E-state index contributed by atoms with van der Waals surface area (Å²) in [7, 11) is 0. The zero-order valence-corrected chi connectivity index (χ0v) is 16.7. The summed E-state index contributed by atoms with van der Waals surface area (Å²) in [6.45, 7) is 3.98. The van der Waals surface area contributed by atoms with Gasteiger partial charge in [0.2, 0.25) is 0 Å². The molecule has 1 aromatic carbocycles. The van der Waals surface area contributed by atoms with Crippen LogP contribution in [-0.4, -0.2) is 26.2 Å². The van der Waals surface area contributed by atoms with Crippen molar-refractivity contribution < 1.29 is 9.59 Å².